The number of aliphatic hydroxyl groups excluding tert-OH is 1. The molecule has 0 radical (unpaired) electrons. The van der Waals surface area contributed by atoms with Crippen LogP contribution in [0.4, 0.5) is 0 Å². The maximum absolute atomic E-state index is 12.3. The lowest BCUT2D eigenvalue weighted by Gasteiger charge is -2.57. The summed E-state index contributed by atoms with van der Waals surface area (Å²) in [5, 5.41) is 23.4. The van der Waals surface area contributed by atoms with Crippen LogP contribution in [0, 0.1) is 51.2 Å². The highest BCUT2D eigenvalue weighted by atomic mass is 16.5. The van der Waals surface area contributed by atoms with Gasteiger partial charge in [0.15, 0.2) is 0 Å². The molecule has 2 spiro atoms. The summed E-state index contributed by atoms with van der Waals surface area (Å²) in [6.07, 6.45) is 15.0. The molecule has 0 heterocycles. The third kappa shape index (κ3) is 2.16. The van der Waals surface area contributed by atoms with Crippen molar-refractivity contribution < 1.29 is 14.9 Å². The summed E-state index contributed by atoms with van der Waals surface area (Å²) in [6.45, 7) is 9.69. The van der Waals surface area contributed by atoms with Gasteiger partial charge in [0, 0.05) is 12.5 Å². The Labute approximate surface area is 189 Å². The first-order chi connectivity index (χ1) is 14.6. The number of fused-ring (bicyclic) bond motifs is 2. The van der Waals surface area contributed by atoms with Crippen LogP contribution in [-0.4, -0.2) is 29.0 Å². The average Bonchev–Trinajstić information content (AvgIpc) is 3.41. The van der Waals surface area contributed by atoms with E-state index in [0.29, 0.717) is 28.4 Å². The number of hydrogen-bond acceptors (Lipinski definition) is 3. The van der Waals surface area contributed by atoms with Crippen LogP contribution in [0.1, 0.15) is 91.9 Å². The zero-order valence-corrected chi connectivity index (χ0v) is 20.4. The topological polar surface area (TPSA) is 49.7 Å². The van der Waals surface area contributed by atoms with E-state index in [1.165, 1.54) is 57.8 Å². The summed E-state index contributed by atoms with van der Waals surface area (Å²) in [7, 11) is 1.70. The van der Waals surface area contributed by atoms with Gasteiger partial charge in [-0.05, 0) is 110 Å². The Morgan fingerprint density at radius 2 is 1.87 bits per heavy atom. The van der Waals surface area contributed by atoms with Crippen LogP contribution in [0.25, 0.3) is 0 Å². The third-order valence-electron chi connectivity index (χ3n) is 12.6. The molecule has 0 aromatic carbocycles. The molecule has 0 saturated heterocycles. The number of aliphatic hydroxyl groups is 2. The molecular weight excluding hydrogens is 384 g/mol. The van der Waals surface area contributed by atoms with Crippen molar-refractivity contribution >= 4 is 0 Å². The van der Waals surface area contributed by atoms with Gasteiger partial charge in [-0.25, -0.2) is 0 Å². The van der Waals surface area contributed by atoms with Crippen LogP contribution in [-0.2, 0) is 4.74 Å². The Bertz CT molecular complexity index is 819. The van der Waals surface area contributed by atoms with E-state index < -0.39 is 5.60 Å². The third-order valence-corrected chi connectivity index (χ3v) is 12.6. The van der Waals surface area contributed by atoms with Gasteiger partial charge in [-0.2, -0.15) is 0 Å². The lowest BCUT2D eigenvalue weighted by atomic mass is 9.48. The molecule has 31 heavy (non-hydrogen) atoms. The van der Waals surface area contributed by atoms with Crippen LogP contribution < -0.4 is 0 Å². The normalized spacial score (nSPS) is 59.3. The second-order valence-electron chi connectivity index (χ2n) is 13.8. The van der Waals surface area contributed by atoms with Gasteiger partial charge in [0.2, 0.25) is 0 Å². The Hall–Kier alpha value is -0.540. The first-order valence-electron chi connectivity index (χ1n) is 13.2. The van der Waals surface area contributed by atoms with E-state index in [-0.39, 0.29) is 22.9 Å². The van der Waals surface area contributed by atoms with Crippen LogP contribution in [0.3, 0.4) is 0 Å². The molecule has 4 bridgehead atoms. The zero-order chi connectivity index (χ0) is 22.0. The largest absolute Gasteiger partial charge is 0.512 e. The Morgan fingerprint density at radius 1 is 1.10 bits per heavy atom. The molecule has 10 unspecified atom stereocenters. The van der Waals surface area contributed by atoms with E-state index in [1.807, 2.05) is 6.08 Å². The lowest BCUT2D eigenvalue weighted by molar-refractivity contribution is -0.181. The van der Waals surface area contributed by atoms with Crippen molar-refractivity contribution in [2.24, 2.45) is 51.2 Å². The van der Waals surface area contributed by atoms with Crippen molar-refractivity contribution in [3.05, 3.63) is 11.8 Å². The maximum Gasteiger partial charge on any atom is 0.110 e. The molecule has 0 aromatic heterocycles. The zero-order valence-electron chi connectivity index (χ0n) is 20.4. The molecule has 5 fully saturated rings. The first-order valence-corrected chi connectivity index (χ1v) is 13.2. The summed E-state index contributed by atoms with van der Waals surface area (Å²) in [6, 6.07) is 0. The lowest BCUT2D eigenvalue weighted by Crippen LogP contribution is -2.59. The minimum atomic E-state index is -0.954. The van der Waals surface area contributed by atoms with Crippen LogP contribution >= 0.6 is 0 Å². The summed E-state index contributed by atoms with van der Waals surface area (Å²) in [4.78, 5) is 0. The molecule has 6 rings (SSSR count). The van der Waals surface area contributed by atoms with Crippen molar-refractivity contribution in [1.29, 1.82) is 0 Å². The quantitative estimate of drug-likeness (QED) is 0.557. The monoisotopic (exact) mass is 428 g/mol. The summed E-state index contributed by atoms with van der Waals surface area (Å²) < 4.78 is 5.82. The Balaban J connectivity index is 1.39. The number of rotatable bonds is 3. The van der Waals surface area contributed by atoms with Crippen LogP contribution in [0.2, 0.25) is 0 Å². The fourth-order valence-corrected chi connectivity index (χ4v) is 11.6. The minimum absolute atomic E-state index is 0.0843. The summed E-state index contributed by atoms with van der Waals surface area (Å²) >= 11 is 0. The van der Waals surface area contributed by atoms with Gasteiger partial charge in [0.1, 0.15) is 11.7 Å². The van der Waals surface area contributed by atoms with E-state index in [4.69, 9.17) is 4.74 Å². The molecule has 10 atom stereocenters. The van der Waals surface area contributed by atoms with Crippen LogP contribution in [0.15, 0.2) is 11.8 Å². The number of methoxy groups -OCH3 is 1. The molecule has 2 N–H and O–H groups in total. The molecular formula is C28H44O3. The molecule has 6 aliphatic carbocycles. The standard InChI is InChI=1S/C28H44O3/c1-17(2)12-18-6-8-26(14-18)10-11-27(16-26)9-7-19-15-24(3)25(27,4)22(19)23-20(29)13-21(31-5)28(23,24)30/h13,17-19,21-23,29-30H,6-12,14-16H2,1-5H3. The van der Waals surface area contributed by atoms with Gasteiger partial charge in [-0.3, -0.25) is 0 Å². The molecule has 0 aromatic rings. The predicted molar refractivity (Wildman–Crippen MR) is 123 cm³/mol. The van der Waals surface area contributed by atoms with Gasteiger partial charge in [0.05, 0.1) is 11.7 Å². The molecule has 5 saturated carbocycles. The van der Waals surface area contributed by atoms with E-state index in [9.17, 15) is 10.2 Å². The SMILES string of the molecule is COC1C=C(O)C2C3C4CCC5(CCC6(CCC(CC(C)C)C6)C5)C3(C)C(C)(C4)C12O. The van der Waals surface area contributed by atoms with E-state index in [2.05, 4.69) is 27.7 Å². The van der Waals surface area contributed by atoms with Crippen molar-refractivity contribution in [3.63, 3.8) is 0 Å². The number of hydrogen-bond donors (Lipinski definition) is 2. The molecule has 3 heteroatoms. The van der Waals surface area contributed by atoms with Gasteiger partial charge in [-0.1, -0.05) is 27.7 Å². The van der Waals surface area contributed by atoms with Crippen molar-refractivity contribution in [1.82, 2.24) is 0 Å². The predicted octanol–water partition coefficient (Wildman–Crippen LogP) is 6.26. The summed E-state index contributed by atoms with van der Waals surface area (Å²) in [5.74, 6) is 3.06. The highest BCUT2D eigenvalue weighted by molar-refractivity contribution is 5.41. The molecule has 3 nitrogen and oxygen atoms in total. The molecule has 0 aliphatic heterocycles. The highest BCUT2D eigenvalue weighted by Gasteiger charge is 2.86. The van der Waals surface area contributed by atoms with Gasteiger partial charge >= 0.3 is 0 Å². The molecule has 6 aliphatic rings. The molecule has 0 amide bonds. The van der Waals surface area contributed by atoms with Crippen molar-refractivity contribution in [3.8, 4) is 0 Å². The summed E-state index contributed by atoms with van der Waals surface area (Å²) in [5.41, 5.74) is -0.194. The smallest absolute Gasteiger partial charge is 0.110 e. The maximum atomic E-state index is 12.3. The van der Waals surface area contributed by atoms with Crippen LogP contribution in [0.5, 0.6) is 0 Å². The van der Waals surface area contributed by atoms with E-state index in [0.717, 1.165) is 18.3 Å². The second-order valence-corrected chi connectivity index (χ2v) is 13.8. The fourth-order valence-electron chi connectivity index (χ4n) is 11.6. The second kappa shape index (κ2) is 6.12. The van der Waals surface area contributed by atoms with Crippen molar-refractivity contribution in [2.75, 3.05) is 7.11 Å². The Morgan fingerprint density at radius 3 is 2.58 bits per heavy atom. The minimum Gasteiger partial charge on any atom is -0.512 e. The fraction of sp³-hybridized carbons (Fsp3) is 0.929. The number of ether oxygens (including phenoxy) is 1. The average molecular weight is 429 g/mol. The van der Waals surface area contributed by atoms with E-state index >= 15 is 0 Å². The molecule has 174 valence electrons. The first kappa shape index (κ1) is 21.0. The van der Waals surface area contributed by atoms with Gasteiger partial charge < -0.3 is 14.9 Å². The highest BCUT2D eigenvalue weighted by Crippen LogP contribution is 2.87. The van der Waals surface area contributed by atoms with E-state index in [1.54, 1.807) is 7.11 Å². The van der Waals surface area contributed by atoms with Gasteiger partial charge in [-0.15, -0.1) is 0 Å². The van der Waals surface area contributed by atoms with Crippen molar-refractivity contribution in [2.45, 2.75) is 104 Å². The van der Waals surface area contributed by atoms with Gasteiger partial charge in [0.25, 0.3) is 0 Å². The Kier molecular flexibility index (Phi) is 4.15.